The van der Waals surface area contributed by atoms with Gasteiger partial charge < -0.3 is 15.3 Å². The summed E-state index contributed by atoms with van der Waals surface area (Å²) in [6.45, 7) is 0.466. The van der Waals surface area contributed by atoms with E-state index in [1.807, 2.05) is 4.90 Å². The summed E-state index contributed by atoms with van der Waals surface area (Å²) in [5.41, 5.74) is 0.569. The number of nitrogens with zero attached hydrogens (tertiary/aromatic N) is 1. The van der Waals surface area contributed by atoms with Crippen molar-refractivity contribution in [1.82, 2.24) is 4.90 Å². The number of carboxylic acid groups (broad SMARTS) is 1. The standard InChI is InChI=1S/C17H20N2O4/c20-15-9-12(10-19(15)14-6-1-2-7-14)16(21)18-13-5-3-4-11(8-13)17(22)23/h3-5,8,12,14H,1-2,6-7,9-10H2,(H,18,21)(H,22,23). The SMILES string of the molecule is O=C(O)c1cccc(NC(=O)C2CC(=O)N(C3CCCC3)C2)c1. The number of carbonyl (C=O) groups excluding carboxylic acids is 2. The van der Waals surface area contributed by atoms with Gasteiger partial charge in [0.25, 0.3) is 0 Å². The molecule has 122 valence electrons. The molecule has 0 aromatic heterocycles. The number of carboxylic acids is 1. The number of nitrogens with one attached hydrogen (secondary N) is 1. The lowest BCUT2D eigenvalue weighted by atomic mass is 10.1. The number of aromatic carboxylic acids is 1. The molecule has 2 N–H and O–H groups in total. The molecule has 1 atom stereocenters. The van der Waals surface area contributed by atoms with Gasteiger partial charge in [0.15, 0.2) is 0 Å². The molecular formula is C17H20N2O4. The van der Waals surface area contributed by atoms with Crippen LogP contribution in [-0.4, -0.2) is 40.4 Å². The molecule has 3 rings (SSSR count). The van der Waals surface area contributed by atoms with Gasteiger partial charge in [0.1, 0.15) is 0 Å². The molecule has 1 aliphatic heterocycles. The predicted molar refractivity (Wildman–Crippen MR) is 84.1 cm³/mol. The van der Waals surface area contributed by atoms with Crippen LogP contribution in [0.25, 0.3) is 0 Å². The van der Waals surface area contributed by atoms with Crippen LogP contribution in [0.5, 0.6) is 0 Å². The summed E-state index contributed by atoms with van der Waals surface area (Å²) in [6, 6.07) is 6.42. The van der Waals surface area contributed by atoms with E-state index in [4.69, 9.17) is 5.11 Å². The van der Waals surface area contributed by atoms with E-state index in [0.29, 0.717) is 12.2 Å². The van der Waals surface area contributed by atoms with Gasteiger partial charge in [0.2, 0.25) is 11.8 Å². The van der Waals surface area contributed by atoms with E-state index in [0.717, 1.165) is 25.7 Å². The highest BCUT2D eigenvalue weighted by Crippen LogP contribution is 2.30. The molecule has 2 aliphatic rings. The quantitative estimate of drug-likeness (QED) is 0.890. The molecule has 0 radical (unpaired) electrons. The van der Waals surface area contributed by atoms with E-state index in [1.54, 1.807) is 12.1 Å². The van der Waals surface area contributed by atoms with Gasteiger partial charge in [-0.15, -0.1) is 0 Å². The average molecular weight is 316 g/mol. The van der Waals surface area contributed by atoms with Crippen LogP contribution < -0.4 is 5.32 Å². The first-order valence-electron chi connectivity index (χ1n) is 7.98. The van der Waals surface area contributed by atoms with Gasteiger partial charge in [-0.25, -0.2) is 4.79 Å². The maximum Gasteiger partial charge on any atom is 0.335 e. The van der Waals surface area contributed by atoms with Crippen molar-refractivity contribution in [2.75, 3.05) is 11.9 Å². The van der Waals surface area contributed by atoms with Gasteiger partial charge in [0.05, 0.1) is 11.5 Å². The number of likely N-dealkylation sites (tertiary alicyclic amines) is 1. The Morgan fingerprint density at radius 1 is 1.22 bits per heavy atom. The zero-order valence-corrected chi connectivity index (χ0v) is 12.8. The van der Waals surface area contributed by atoms with Crippen molar-refractivity contribution in [1.29, 1.82) is 0 Å². The molecule has 1 aromatic carbocycles. The summed E-state index contributed by atoms with van der Waals surface area (Å²) in [4.78, 5) is 37.3. The molecule has 23 heavy (non-hydrogen) atoms. The lowest BCUT2D eigenvalue weighted by molar-refractivity contribution is -0.129. The molecule has 6 nitrogen and oxygen atoms in total. The molecule has 1 aliphatic carbocycles. The van der Waals surface area contributed by atoms with Crippen LogP contribution in [0.3, 0.4) is 0 Å². The second-order valence-electron chi connectivity index (χ2n) is 6.26. The first kappa shape index (κ1) is 15.5. The zero-order valence-electron chi connectivity index (χ0n) is 12.8. The van der Waals surface area contributed by atoms with Crippen LogP contribution in [0.1, 0.15) is 42.5 Å². The van der Waals surface area contributed by atoms with Gasteiger partial charge in [-0.3, -0.25) is 9.59 Å². The number of rotatable bonds is 4. The van der Waals surface area contributed by atoms with E-state index >= 15 is 0 Å². The van der Waals surface area contributed by atoms with Crippen LogP contribution in [-0.2, 0) is 9.59 Å². The first-order valence-corrected chi connectivity index (χ1v) is 7.98. The third-order valence-electron chi connectivity index (χ3n) is 4.67. The molecule has 2 amide bonds. The van der Waals surface area contributed by atoms with Crippen LogP contribution in [0.2, 0.25) is 0 Å². The summed E-state index contributed by atoms with van der Waals surface area (Å²) in [7, 11) is 0. The van der Waals surface area contributed by atoms with Crippen molar-refractivity contribution in [3.63, 3.8) is 0 Å². The van der Waals surface area contributed by atoms with Crippen molar-refractivity contribution >= 4 is 23.5 Å². The largest absolute Gasteiger partial charge is 0.478 e. The maximum absolute atomic E-state index is 12.4. The van der Waals surface area contributed by atoms with Crippen molar-refractivity contribution in [3.8, 4) is 0 Å². The second kappa shape index (κ2) is 6.40. The minimum Gasteiger partial charge on any atom is -0.478 e. The Hall–Kier alpha value is -2.37. The van der Waals surface area contributed by atoms with Crippen molar-refractivity contribution in [2.45, 2.75) is 38.1 Å². The maximum atomic E-state index is 12.4. The number of amides is 2. The first-order chi connectivity index (χ1) is 11.0. The Balaban J connectivity index is 1.63. The van der Waals surface area contributed by atoms with Gasteiger partial charge in [-0.2, -0.15) is 0 Å². The normalized spacial score (nSPS) is 21.7. The summed E-state index contributed by atoms with van der Waals surface area (Å²) >= 11 is 0. The van der Waals surface area contributed by atoms with Gasteiger partial charge in [0, 0.05) is 24.7 Å². The highest BCUT2D eigenvalue weighted by Gasteiger charge is 2.38. The molecule has 6 heteroatoms. The molecular weight excluding hydrogens is 296 g/mol. The molecule has 1 saturated carbocycles. The Bertz CT molecular complexity index is 637. The minimum atomic E-state index is -1.04. The summed E-state index contributed by atoms with van der Waals surface area (Å²) in [5.74, 6) is -1.57. The second-order valence-corrected chi connectivity index (χ2v) is 6.26. The molecule has 2 fully saturated rings. The fourth-order valence-electron chi connectivity index (χ4n) is 3.45. The lowest BCUT2D eigenvalue weighted by Crippen LogP contribution is -2.35. The average Bonchev–Trinajstić information content (AvgIpc) is 3.16. The molecule has 1 aromatic rings. The predicted octanol–water partition coefficient (Wildman–Crippen LogP) is 2.11. The topological polar surface area (TPSA) is 86.7 Å². The minimum absolute atomic E-state index is 0.0522. The van der Waals surface area contributed by atoms with Gasteiger partial charge >= 0.3 is 5.97 Å². The Kier molecular flexibility index (Phi) is 4.32. The smallest absolute Gasteiger partial charge is 0.335 e. The number of carbonyl (C=O) groups is 3. The van der Waals surface area contributed by atoms with E-state index in [-0.39, 0.29) is 35.8 Å². The molecule has 1 unspecified atom stereocenters. The fourth-order valence-corrected chi connectivity index (χ4v) is 3.45. The Labute approximate surface area is 134 Å². The molecule has 1 heterocycles. The number of hydrogen-bond acceptors (Lipinski definition) is 3. The zero-order chi connectivity index (χ0) is 16.4. The van der Waals surface area contributed by atoms with Crippen LogP contribution >= 0.6 is 0 Å². The highest BCUT2D eigenvalue weighted by atomic mass is 16.4. The van der Waals surface area contributed by atoms with E-state index in [2.05, 4.69) is 5.32 Å². The summed E-state index contributed by atoms with van der Waals surface area (Å²) in [5, 5.41) is 11.7. The lowest BCUT2D eigenvalue weighted by Gasteiger charge is -2.23. The Morgan fingerprint density at radius 3 is 2.65 bits per heavy atom. The monoisotopic (exact) mass is 316 g/mol. The number of hydrogen-bond donors (Lipinski definition) is 2. The van der Waals surface area contributed by atoms with Crippen molar-refractivity contribution in [2.24, 2.45) is 5.92 Å². The summed E-state index contributed by atoms with van der Waals surface area (Å²) < 4.78 is 0. The van der Waals surface area contributed by atoms with E-state index in [1.165, 1.54) is 12.1 Å². The Morgan fingerprint density at radius 2 is 1.96 bits per heavy atom. The van der Waals surface area contributed by atoms with Gasteiger partial charge in [-0.05, 0) is 31.0 Å². The van der Waals surface area contributed by atoms with Gasteiger partial charge in [-0.1, -0.05) is 18.9 Å². The van der Waals surface area contributed by atoms with Crippen LogP contribution in [0.4, 0.5) is 5.69 Å². The molecule has 1 saturated heterocycles. The highest BCUT2D eigenvalue weighted by molar-refractivity contribution is 5.98. The third-order valence-corrected chi connectivity index (χ3v) is 4.67. The number of anilines is 1. The summed E-state index contributed by atoms with van der Waals surface area (Å²) in [6.07, 6.45) is 4.59. The molecule has 0 bridgehead atoms. The third kappa shape index (κ3) is 3.36. The van der Waals surface area contributed by atoms with E-state index in [9.17, 15) is 14.4 Å². The fraction of sp³-hybridized carbons (Fsp3) is 0.471. The number of benzene rings is 1. The van der Waals surface area contributed by atoms with Crippen molar-refractivity contribution < 1.29 is 19.5 Å². The van der Waals surface area contributed by atoms with Crippen LogP contribution in [0.15, 0.2) is 24.3 Å². The van der Waals surface area contributed by atoms with Crippen molar-refractivity contribution in [3.05, 3.63) is 29.8 Å². The molecule has 0 spiro atoms. The van der Waals surface area contributed by atoms with E-state index < -0.39 is 5.97 Å². The van der Waals surface area contributed by atoms with Crippen LogP contribution in [0, 0.1) is 5.92 Å².